The van der Waals surface area contributed by atoms with Crippen LogP contribution in [0.1, 0.15) is 30.2 Å². The number of carbonyl (C=O) groups excluding carboxylic acids is 1. The van der Waals surface area contributed by atoms with Crippen molar-refractivity contribution in [2.45, 2.75) is 51.0 Å². The first-order valence-corrected chi connectivity index (χ1v) is 15.2. The number of nitrogens with zero attached hydrogens (tertiary/aromatic N) is 2. The van der Waals surface area contributed by atoms with Gasteiger partial charge in [0.05, 0.1) is 20.2 Å². The van der Waals surface area contributed by atoms with Crippen molar-refractivity contribution in [3.8, 4) is 0 Å². The fraction of sp³-hybridized carbons (Fsp3) is 0.321. The van der Waals surface area contributed by atoms with E-state index in [1.165, 1.54) is 21.5 Å². The fourth-order valence-electron chi connectivity index (χ4n) is 5.28. The Hall–Kier alpha value is -2.89. The zero-order valence-corrected chi connectivity index (χ0v) is 21.0. The van der Waals surface area contributed by atoms with Gasteiger partial charge in [-0.2, -0.15) is 0 Å². The van der Waals surface area contributed by atoms with Crippen LogP contribution in [0.2, 0.25) is 19.6 Å². The van der Waals surface area contributed by atoms with E-state index in [0.717, 1.165) is 5.56 Å². The molecular formula is C28H32N2O2Si. The van der Waals surface area contributed by atoms with E-state index in [-0.39, 0.29) is 30.4 Å². The Bertz CT molecular complexity index is 1210. The van der Waals surface area contributed by atoms with E-state index >= 15 is 0 Å². The Morgan fingerprint density at radius 3 is 2.27 bits per heavy atom. The lowest BCUT2D eigenvalue weighted by Crippen LogP contribution is -2.39. The highest BCUT2D eigenvalue weighted by molar-refractivity contribution is 6.83. The first-order valence-electron chi connectivity index (χ1n) is 11.7. The molecular weight excluding hydrogens is 424 g/mol. The van der Waals surface area contributed by atoms with Gasteiger partial charge >= 0.3 is 6.03 Å². The van der Waals surface area contributed by atoms with Crippen LogP contribution in [0.5, 0.6) is 0 Å². The molecule has 3 aromatic rings. The first-order chi connectivity index (χ1) is 15.8. The average Bonchev–Trinajstić information content (AvgIpc) is 3.35. The molecule has 4 nitrogen and oxygen atoms in total. The van der Waals surface area contributed by atoms with Crippen molar-refractivity contribution in [3.05, 3.63) is 95.2 Å². The summed E-state index contributed by atoms with van der Waals surface area (Å²) in [5, 5.41) is 3.78. The summed E-state index contributed by atoms with van der Waals surface area (Å²) in [6, 6.07) is 25.3. The average molecular weight is 457 g/mol. The lowest BCUT2D eigenvalue weighted by Gasteiger charge is -2.31. The second-order valence-electron chi connectivity index (χ2n) is 10.2. The van der Waals surface area contributed by atoms with Crippen molar-refractivity contribution in [1.82, 2.24) is 9.80 Å². The van der Waals surface area contributed by atoms with E-state index in [1.807, 2.05) is 35.0 Å². The van der Waals surface area contributed by atoms with Crippen LogP contribution in [0.15, 0.2) is 84.1 Å². The number of amides is 2. The van der Waals surface area contributed by atoms with Crippen molar-refractivity contribution in [1.29, 1.82) is 0 Å². The van der Waals surface area contributed by atoms with Gasteiger partial charge in [-0.05, 0) is 40.1 Å². The summed E-state index contributed by atoms with van der Waals surface area (Å²) in [4.78, 5) is 17.2. The second kappa shape index (κ2) is 8.15. The zero-order chi connectivity index (χ0) is 23.3. The molecule has 4 atom stereocenters. The molecule has 2 aliphatic rings. The second-order valence-corrected chi connectivity index (χ2v) is 15.3. The summed E-state index contributed by atoms with van der Waals surface area (Å²) in [5.74, 6) is 0. The molecule has 0 aromatic heterocycles. The Balaban J connectivity index is 1.59. The normalized spacial score (nSPS) is 25.7. The number of urea groups is 1. The van der Waals surface area contributed by atoms with Crippen LogP contribution < -0.4 is 0 Å². The minimum Gasteiger partial charge on any atom is -0.343 e. The van der Waals surface area contributed by atoms with Gasteiger partial charge in [-0.15, -0.1) is 0 Å². The smallest absolute Gasteiger partial charge is 0.322 e. The Morgan fingerprint density at radius 2 is 1.55 bits per heavy atom. The van der Waals surface area contributed by atoms with Crippen molar-refractivity contribution < 1.29 is 9.53 Å². The van der Waals surface area contributed by atoms with Crippen molar-refractivity contribution >= 4 is 24.9 Å². The van der Waals surface area contributed by atoms with Crippen LogP contribution in [0.25, 0.3) is 10.8 Å². The summed E-state index contributed by atoms with van der Waals surface area (Å²) in [5.41, 5.74) is 2.33. The Morgan fingerprint density at radius 1 is 0.879 bits per heavy atom. The molecule has 5 heteroatoms. The van der Waals surface area contributed by atoms with Gasteiger partial charge in [0.2, 0.25) is 0 Å². The van der Waals surface area contributed by atoms with E-state index in [1.54, 1.807) is 0 Å². The first kappa shape index (κ1) is 21.9. The SMILES string of the molecule is C[C@H]1[C@@H](c2ccccc2)N([C@@H]2C=C([Si](C)(C)C)[C@H](c3cccc4ccccc34)O2)C(=O)N1C. The highest BCUT2D eigenvalue weighted by Gasteiger charge is 2.49. The molecule has 33 heavy (non-hydrogen) atoms. The number of hydrogen-bond donors (Lipinski definition) is 0. The van der Waals surface area contributed by atoms with Crippen LogP contribution in [0.3, 0.4) is 0 Å². The summed E-state index contributed by atoms with van der Waals surface area (Å²) < 4.78 is 6.82. The van der Waals surface area contributed by atoms with Gasteiger partial charge in [-0.25, -0.2) is 4.79 Å². The van der Waals surface area contributed by atoms with Crippen LogP contribution >= 0.6 is 0 Å². The van der Waals surface area contributed by atoms with Gasteiger partial charge in [0.1, 0.15) is 6.10 Å². The minimum absolute atomic E-state index is 0.0195. The van der Waals surface area contributed by atoms with Gasteiger partial charge in [-0.3, -0.25) is 4.90 Å². The quantitative estimate of drug-likeness (QED) is 0.418. The number of carbonyl (C=O) groups is 1. The largest absolute Gasteiger partial charge is 0.343 e. The predicted molar refractivity (Wildman–Crippen MR) is 137 cm³/mol. The highest BCUT2D eigenvalue weighted by atomic mass is 28.3. The molecule has 0 unspecified atom stereocenters. The Kier molecular flexibility index (Phi) is 5.42. The van der Waals surface area contributed by atoms with Gasteiger partial charge in [0, 0.05) is 7.05 Å². The maximum Gasteiger partial charge on any atom is 0.322 e. The van der Waals surface area contributed by atoms with Crippen molar-refractivity contribution in [2.75, 3.05) is 7.05 Å². The number of fused-ring (bicyclic) bond motifs is 1. The molecule has 2 heterocycles. The monoisotopic (exact) mass is 456 g/mol. The van der Waals surface area contributed by atoms with Gasteiger partial charge in [0.25, 0.3) is 0 Å². The predicted octanol–water partition coefficient (Wildman–Crippen LogP) is 6.54. The summed E-state index contributed by atoms with van der Waals surface area (Å²) in [6.45, 7) is 9.20. The lowest BCUT2D eigenvalue weighted by molar-refractivity contribution is -0.0297. The molecule has 1 saturated heterocycles. The Labute approximate surface area is 197 Å². The van der Waals surface area contributed by atoms with Crippen LogP contribution in [-0.4, -0.2) is 43.2 Å². The number of benzene rings is 3. The van der Waals surface area contributed by atoms with Crippen LogP contribution in [-0.2, 0) is 4.74 Å². The summed E-state index contributed by atoms with van der Waals surface area (Å²) >= 11 is 0. The molecule has 0 N–H and O–H groups in total. The molecule has 3 aromatic carbocycles. The highest BCUT2D eigenvalue weighted by Crippen LogP contribution is 2.45. The van der Waals surface area contributed by atoms with Gasteiger partial charge in [-0.1, -0.05) is 92.4 Å². The third-order valence-electron chi connectivity index (χ3n) is 7.16. The van der Waals surface area contributed by atoms with Crippen LogP contribution in [0.4, 0.5) is 4.79 Å². The standard InChI is InChI=1S/C28H32N2O2Si/c1-19-26(21-13-7-6-8-14-21)30(28(31)29(19)2)25-18-24(33(3,4)5)27(32-25)23-17-11-15-20-12-9-10-16-22(20)23/h6-19,25-27H,1-5H3/t19-,25-,26-,27-/m0/s1. The molecule has 0 aliphatic carbocycles. The number of ether oxygens (including phenoxy) is 1. The number of rotatable bonds is 4. The van der Waals surface area contributed by atoms with E-state index in [9.17, 15) is 4.79 Å². The fourth-order valence-corrected chi connectivity index (χ4v) is 6.93. The summed E-state index contributed by atoms with van der Waals surface area (Å²) in [6.07, 6.45) is 1.72. The molecule has 1 fully saturated rings. The molecule has 0 spiro atoms. The number of likely N-dealkylation sites (N-methyl/N-ethyl adjacent to an activating group) is 1. The topological polar surface area (TPSA) is 32.8 Å². The maximum absolute atomic E-state index is 13.5. The molecule has 2 aliphatic heterocycles. The molecule has 5 rings (SSSR count). The van der Waals surface area contributed by atoms with Crippen LogP contribution in [0, 0.1) is 0 Å². The van der Waals surface area contributed by atoms with E-state index < -0.39 is 8.07 Å². The van der Waals surface area contributed by atoms with E-state index in [4.69, 9.17) is 4.74 Å². The summed E-state index contributed by atoms with van der Waals surface area (Å²) in [7, 11) is 0.169. The molecule has 0 radical (unpaired) electrons. The van der Waals surface area contributed by atoms with Crippen molar-refractivity contribution in [3.63, 3.8) is 0 Å². The van der Waals surface area contributed by atoms with E-state index in [0.29, 0.717) is 0 Å². The van der Waals surface area contributed by atoms with Crippen molar-refractivity contribution in [2.24, 2.45) is 0 Å². The molecule has 170 valence electrons. The molecule has 0 bridgehead atoms. The molecule has 0 saturated carbocycles. The van der Waals surface area contributed by atoms with E-state index in [2.05, 4.69) is 87.2 Å². The third kappa shape index (κ3) is 3.69. The van der Waals surface area contributed by atoms with Gasteiger partial charge in [0.15, 0.2) is 6.23 Å². The van der Waals surface area contributed by atoms with Gasteiger partial charge < -0.3 is 9.64 Å². The minimum atomic E-state index is -1.72. The molecule has 2 amide bonds. The maximum atomic E-state index is 13.5. The number of hydrogen-bond acceptors (Lipinski definition) is 2. The lowest BCUT2D eigenvalue weighted by atomic mass is 10.00. The third-order valence-corrected chi connectivity index (χ3v) is 9.32. The zero-order valence-electron chi connectivity index (χ0n) is 20.0.